The van der Waals surface area contributed by atoms with Crippen LogP contribution in [0.5, 0.6) is 0 Å². The van der Waals surface area contributed by atoms with Gasteiger partial charge in [-0.25, -0.2) is 8.78 Å². The zero-order valence-electron chi connectivity index (χ0n) is 13.3. The predicted octanol–water partition coefficient (Wildman–Crippen LogP) is -0.270. The molecular weight excluding hydrogens is 318 g/mol. The second-order valence-corrected chi connectivity index (χ2v) is 4.55. The van der Waals surface area contributed by atoms with Crippen molar-refractivity contribution < 1.29 is 42.7 Å². The number of hydrogen-bond acceptors (Lipinski definition) is 7. The van der Waals surface area contributed by atoms with E-state index in [1.54, 1.807) is 0 Å². The molecule has 2 N–H and O–H groups in total. The molecule has 0 spiro atoms. The smallest absolute Gasteiger partial charge is 0.146 e. The molecule has 0 aromatic rings. The minimum atomic E-state index is -1.35. The molecular formula is C14H28F2O7. The highest BCUT2D eigenvalue weighted by molar-refractivity contribution is 4.49. The lowest BCUT2D eigenvalue weighted by Gasteiger charge is -2.09. The molecule has 0 aliphatic heterocycles. The topological polar surface area (TPSA) is 86.6 Å². The van der Waals surface area contributed by atoms with E-state index in [4.69, 9.17) is 33.9 Å². The predicted molar refractivity (Wildman–Crippen MR) is 78.1 cm³/mol. The van der Waals surface area contributed by atoms with Crippen molar-refractivity contribution in [2.45, 2.75) is 12.3 Å². The fourth-order valence-electron chi connectivity index (χ4n) is 1.31. The number of rotatable bonds is 18. The molecule has 23 heavy (non-hydrogen) atoms. The average molecular weight is 346 g/mol. The Hall–Kier alpha value is -0.420. The first-order valence-electron chi connectivity index (χ1n) is 7.59. The normalized spacial score (nSPS) is 14.1. The van der Waals surface area contributed by atoms with E-state index in [2.05, 4.69) is 0 Å². The standard InChI is InChI=1S/C14H28F2O7/c15-13(9-17)11-22-7-5-20-3-1-19-2-4-21-6-8-23-12-14(16)10-18/h13-14,17-18H,1-12H2. The molecule has 0 aliphatic carbocycles. The van der Waals surface area contributed by atoms with E-state index < -0.39 is 25.6 Å². The first kappa shape index (κ1) is 22.6. The number of aliphatic hydroxyl groups excluding tert-OH is 2. The fourth-order valence-corrected chi connectivity index (χ4v) is 1.31. The van der Waals surface area contributed by atoms with Crippen LogP contribution in [-0.2, 0) is 23.7 Å². The van der Waals surface area contributed by atoms with Gasteiger partial charge >= 0.3 is 0 Å². The zero-order chi connectivity index (χ0) is 17.2. The number of ether oxygens (including phenoxy) is 5. The monoisotopic (exact) mass is 346 g/mol. The molecule has 0 aromatic heterocycles. The highest BCUT2D eigenvalue weighted by atomic mass is 19.1. The van der Waals surface area contributed by atoms with Crippen molar-refractivity contribution in [3.8, 4) is 0 Å². The SMILES string of the molecule is OCC(F)COCCOCCOCCOCCOCC(F)CO. The molecule has 0 radical (unpaired) electrons. The van der Waals surface area contributed by atoms with Crippen molar-refractivity contribution in [2.24, 2.45) is 0 Å². The van der Waals surface area contributed by atoms with Gasteiger partial charge in [0.15, 0.2) is 0 Å². The Balaban J connectivity index is 3.03. The van der Waals surface area contributed by atoms with Gasteiger partial charge in [-0.3, -0.25) is 0 Å². The number of hydrogen-bond donors (Lipinski definition) is 2. The molecule has 0 aliphatic rings. The summed E-state index contributed by atoms with van der Waals surface area (Å²) in [5, 5.41) is 16.9. The molecule has 0 amide bonds. The van der Waals surface area contributed by atoms with Gasteiger partial charge in [0.1, 0.15) is 12.3 Å². The van der Waals surface area contributed by atoms with Crippen LogP contribution >= 0.6 is 0 Å². The van der Waals surface area contributed by atoms with Crippen LogP contribution in [0, 0.1) is 0 Å². The summed E-state index contributed by atoms with van der Waals surface area (Å²) in [6.07, 6.45) is -2.70. The number of aliphatic hydroxyl groups is 2. The van der Waals surface area contributed by atoms with Crippen molar-refractivity contribution in [2.75, 3.05) is 79.3 Å². The molecule has 2 unspecified atom stereocenters. The molecule has 0 aromatic carbocycles. The highest BCUT2D eigenvalue weighted by Gasteiger charge is 2.04. The Morgan fingerprint density at radius 1 is 0.522 bits per heavy atom. The second kappa shape index (κ2) is 17.9. The van der Waals surface area contributed by atoms with Gasteiger partial charge in [0, 0.05) is 0 Å². The number of alkyl halides is 2. The molecule has 0 rings (SSSR count). The van der Waals surface area contributed by atoms with Gasteiger partial charge < -0.3 is 33.9 Å². The Kier molecular flexibility index (Phi) is 17.6. The summed E-state index contributed by atoms with van der Waals surface area (Å²) >= 11 is 0. The quantitative estimate of drug-likeness (QED) is 0.330. The van der Waals surface area contributed by atoms with E-state index >= 15 is 0 Å². The molecule has 140 valence electrons. The summed E-state index contributed by atoms with van der Waals surface area (Å²) in [5.74, 6) is 0. The van der Waals surface area contributed by atoms with Gasteiger partial charge in [-0.2, -0.15) is 0 Å². The highest BCUT2D eigenvalue weighted by Crippen LogP contribution is 1.91. The third-order valence-corrected chi connectivity index (χ3v) is 2.48. The van der Waals surface area contributed by atoms with Crippen LogP contribution in [0.4, 0.5) is 8.78 Å². The molecule has 2 atom stereocenters. The Morgan fingerprint density at radius 3 is 1.04 bits per heavy atom. The van der Waals surface area contributed by atoms with E-state index in [9.17, 15) is 8.78 Å². The molecule has 0 heterocycles. The van der Waals surface area contributed by atoms with E-state index in [0.717, 1.165) is 0 Å². The summed E-state index contributed by atoms with van der Waals surface area (Å²) in [4.78, 5) is 0. The lowest BCUT2D eigenvalue weighted by molar-refractivity contribution is -0.0216. The third-order valence-electron chi connectivity index (χ3n) is 2.48. The van der Waals surface area contributed by atoms with Crippen LogP contribution in [0.3, 0.4) is 0 Å². The van der Waals surface area contributed by atoms with Gasteiger partial charge in [0.2, 0.25) is 0 Å². The van der Waals surface area contributed by atoms with Crippen LogP contribution < -0.4 is 0 Å². The van der Waals surface area contributed by atoms with Crippen molar-refractivity contribution in [3.63, 3.8) is 0 Å². The fraction of sp³-hybridized carbons (Fsp3) is 1.00. The minimum Gasteiger partial charge on any atom is -0.393 e. The Morgan fingerprint density at radius 2 is 0.783 bits per heavy atom. The molecule has 0 bridgehead atoms. The molecule has 0 saturated carbocycles. The lowest BCUT2D eigenvalue weighted by atomic mass is 10.4. The van der Waals surface area contributed by atoms with Crippen molar-refractivity contribution in [1.29, 1.82) is 0 Å². The zero-order valence-corrected chi connectivity index (χ0v) is 13.3. The van der Waals surface area contributed by atoms with E-state index in [1.165, 1.54) is 0 Å². The summed E-state index contributed by atoms with van der Waals surface area (Å²) in [6, 6.07) is 0. The van der Waals surface area contributed by atoms with Crippen LogP contribution in [0.1, 0.15) is 0 Å². The van der Waals surface area contributed by atoms with Crippen LogP contribution in [0.25, 0.3) is 0 Å². The molecule has 7 nitrogen and oxygen atoms in total. The maximum absolute atomic E-state index is 12.5. The van der Waals surface area contributed by atoms with Crippen molar-refractivity contribution >= 4 is 0 Å². The van der Waals surface area contributed by atoms with Gasteiger partial charge in [-0.1, -0.05) is 0 Å². The number of halogens is 2. The first-order valence-corrected chi connectivity index (χ1v) is 7.59. The summed E-state index contributed by atoms with van der Waals surface area (Å²) in [7, 11) is 0. The second-order valence-electron chi connectivity index (χ2n) is 4.55. The van der Waals surface area contributed by atoms with Crippen LogP contribution in [0.15, 0.2) is 0 Å². The molecule has 9 heteroatoms. The molecule has 0 saturated heterocycles. The van der Waals surface area contributed by atoms with Crippen molar-refractivity contribution in [1.82, 2.24) is 0 Å². The average Bonchev–Trinajstić information content (AvgIpc) is 2.57. The largest absolute Gasteiger partial charge is 0.393 e. The van der Waals surface area contributed by atoms with E-state index in [0.29, 0.717) is 39.6 Å². The van der Waals surface area contributed by atoms with Gasteiger partial charge in [0.05, 0.1) is 79.3 Å². The maximum atomic E-state index is 12.5. The van der Waals surface area contributed by atoms with E-state index in [-0.39, 0.29) is 26.4 Å². The summed E-state index contributed by atoms with van der Waals surface area (Å²) in [5.41, 5.74) is 0. The first-order chi connectivity index (χ1) is 11.2. The van der Waals surface area contributed by atoms with Gasteiger partial charge in [0.25, 0.3) is 0 Å². The Labute approximate surface area is 135 Å². The van der Waals surface area contributed by atoms with Crippen LogP contribution in [0.2, 0.25) is 0 Å². The molecule has 0 fully saturated rings. The Bertz CT molecular complexity index is 215. The van der Waals surface area contributed by atoms with Crippen molar-refractivity contribution in [3.05, 3.63) is 0 Å². The lowest BCUT2D eigenvalue weighted by Crippen LogP contribution is -2.18. The maximum Gasteiger partial charge on any atom is 0.146 e. The van der Waals surface area contributed by atoms with Crippen LogP contribution in [-0.4, -0.2) is 102 Å². The van der Waals surface area contributed by atoms with E-state index in [1.807, 2.05) is 0 Å². The minimum absolute atomic E-state index is 0.136. The summed E-state index contributed by atoms with van der Waals surface area (Å²) in [6.45, 7) is 1.44. The van der Waals surface area contributed by atoms with Gasteiger partial charge in [-0.15, -0.1) is 0 Å². The van der Waals surface area contributed by atoms with Gasteiger partial charge in [-0.05, 0) is 0 Å². The summed E-state index contributed by atoms with van der Waals surface area (Å²) < 4.78 is 50.6. The third kappa shape index (κ3) is 17.8.